The molecule has 0 N–H and O–H groups in total. The Hall–Kier alpha value is -12.4. The van der Waals surface area contributed by atoms with Crippen molar-refractivity contribution < 1.29 is 0 Å². The van der Waals surface area contributed by atoms with Gasteiger partial charge in [0.1, 0.15) is 0 Å². The highest BCUT2D eigenvalue weighted by molar-refractivity contribution is 6.11. The molecule has 16 aromatic carbocycles. The Morgan fingerprint density at radius 1 is 0.211 bits per heavy atom. The van der Waals surface area contributed by atoms with Crippen LogP contribution < -0.4 is 0 Å². The maximum atomic E-state index is 2.53. The molecule has 0 saturated heterocycles. The molecular weight excluding hydrogens is 1310 g/mol. The average molecular weight is 1400 g/mol. The molecule has 0 spiro atoms. The Kier molecular flexibility index (Phi) is 14.0. The number of hydrogen-bond donors (Lipinski definition) is 0. The summed E-state index contributed by atoms with van der Waals surface area (Å²) in [6.45, 7) is 23.9. The molecule has 0 amide bonds. The SMILES string of the molecule is CC(C)c1cc(-c2ccc3c(c2)C(C)(C)c2cc4c(cc2-3)-c2ccccc2C4(C)C)cc(-c2ccc3cc(-c4ccc5ccccc5c4)ccc3c2)c1.CC1(C)c2ccccc2-c2ccc3c(c21)C(C)(C)c1cc(-c2cc(-n4c5ccccc5c5ccccc54)cc(-n4c5ccccc5c5ccccc54)c2)ccc1-3. The summed E-state index contributed by atoms with van der Waals surface area (Å²) in [4.78, 5) is 0. The largest absolute Gasteiger partial charge is 0.309 e. The van der Waals surface area contributed by atoms with Crippen LogP contribution in [0, 0.1) is 0 Å². The van der Waals surface area contributed by atoms with Crippen molar-refractivity contribution in [3.05, 3.63) is 372 Å². The van der Waals surface area contributed by atoms with Gasteiger partial charge in [-0.25, -0.2) is 0 Å². The van der Waals surface area contributed by atoms with Crippen LogP contribution in [0.5, 0.6) is 0 Å². The van der Waals surface area contributed by atoms with Crippen LogP contribution in [-0.4, -0.2) is 9.13 Å². The Morgan fingerprint density at radius 2 is 0.532 bits per heavy atom. The van der Waals surface area contributed by atoms with Crippen molar-refractivity contribution in [1.29, 1.82) is 0 Å². The second-order valence-corrected chi connectivity index (χ2v) is 33.8. The molecule has 0 atom stereocenters. The smallest absolute Gasteiger partial charge is 0.0541 e. The molecule has 109 heavy (non-hydrogen) atoms. The highest BCUT2D eigenvalue weighted by Crippen LogP contribution is 2.61. The van der Waals surface area contributed by atoms with E-state index in [1.54, 1.807) is 0 Å². The molecule has 0 saturated carbocycles. The standard InChI is InChI=1S/C54H40N2.C53H44/c1-53(2)45-20-10-5-15-37(45)43-27-28-44-38-26-25-33(31-46(38)54(3,4)52(44)51(43)53)34-29-35(55-47-21-11-6-16-39(47)40-17-7-12-22-48(40)55)32-36(30-34)56-49-23-13-8-18-41(49)42-19-9-14-24-50(42)56;1-32(2)41-26-42(39-20-19-37-24-36(17-18-38(37)25-39)35-16-15-33-11-7-8-12-34(33)23-35)28-43(27-41)40-21-22-45-47-30-46-44-13-9-10-14-48(44)52(3,4)50(46)31-51(47)53(5,6)49(45)29-40/h5-32H,1-4H3;7-32H,1-6H3. The predicted octanol–water partition coefficient (Wildman–Crippen LogP) is 28.9. The fraction of sp³-hybridized carbons (Fsp3) is 0.140. The Bertz CT molecular complexity index is 6710. The highest BCUT2D eigenvalue weighted by Gasteiger charge is 2.46. The molecule has 522 valence electrons. The Labute approximate surface area is 638 Å². The van der Waals surface area contributed by atoms with E-state index in [9.17, 15) is 0 Å². The van der Waals surface area contributed by atoms with Gasteiger partial charge in [-0.2, -0.15) is 0 Å². The summed E-state index contributed by atoms with van der Waals surface area (Å²) in [6.07, 6.45) is 0. The van der Waals surface area contributed by atoms with Gasteiger partial charge in [0.15, 0.2) is 0 Å². The molecular formula is C107H84N2. The van der Waals surface area contributed by atoms with E-state index >= 15 is 0 Å². The first kappa shape index (κ1) is 65.0. The number of aromatic nitrogens is 2. The van der Waals surface area contributed by atoms with E-state index in [2.05, 4.69) is 400 Å². The maximum absolute atomic E-state index is 2.53. The van der Waals surface area contributed by atoms with Crippen molar-refractivity contribution in [2.45, 2.75) is 96.8 Å². The van der Waals surface area contributed by atoms with Crippen LogP contribution in [0.4, 0.5) is 0 Å². The fourth-order valence-electron chi connectivity index (χ4n) is 20.2. The van der Waals surface area contributed by atoms with Crippen molar-refractivity contribution in [2.75, 3.05) is 0 Å². The number of nitrogens with zero attached hydrogens (tertiary/aromatic N) is 2. The van der Waals surface area contributed by atoms with E-state index in [4.69, 9.17) is 0 Å². The topological polar surface area (TPSA) is 9.86 Å². The van der Waals surface area contributed by atoms with Gasteiger partial charge in [-0.3, -0.25) is 0 Å². The molecule has 4 aliphatic carbocycles. The van der Waals surface area contributed by atoms with Gasteiger partial charge in [0.2, 0.25) is 0 Å². The van der Waals surface area contributed by atoms with Crippen LogP contribution in [0.15, 0.2) is 322 Å². The van der Waals surface area contributed by atoms with E-state index in [-0.39, 0.29) is 21.7 Å². The van der Waals surface area contributed by atoms with Gasteiger partial charge in [0.05, 0.1) is 22.1 Å². The first-order valence-corrected chi connectivity index (χ1v) is 39.0. The summed E-state index contributed by atoms with van der Waals surface area (Å²) in [5.41, 5.74) is 40.8. The zero-order valence-corrected chi connectivity index (χ0v) is 63.6. The second-order valence-electron chi connectivity index (χ2n) is 33.8. The van der Waals surface area contributed by atoms with Gasteiger partial charge in [-0.15, -0.1) is 0 Å². The number of benzene rings is 16. The molecule has 0 bridgehead atoms. The predicted molar refractivity (Wildman–Crippen MR) is 463 cm³/mol. The van der Waals surface area contributed by atoms with Crippen molar-refractivity contribution in [3.8, 4) is 100 Å². The van der Waals surface area contributed by atoms with Crippen molar-refractivity contribution in [3.63, 3.8) is 0 Å². The van der Waals surface area contributed by atoms with Crippen LogP contribution in [0.25, 0.3) is 166 Å². The van der Waals surface area contributed by atoms with Crippen LogP contribution >= 0.6 is 0 Å². The minimum absolute atomic E-state index is 0.00700. The van der Waals surface area contributed by atoms with Gasteiger partial charge in [0, 0.05) is 54.6 Å². The summed E-state index contributed by atoms with van der Waals surface area (Å²) < 4.78 is 4.92. The molecule has 2 heterocycles. The summed E-state index contributed by atoms with van der Waals surface area (Å²) in [5, 5.41) is 10.1. The lowest BCUT2D eigenvalue weighted by molar-refractivity contribution is 0.601. The zero-order chi connectivity index (χ0) is 73.7. The quantitative estimate of drug-likeness (QED) is 0.151. The average Bonchev–Trinajstić information content (AvgIpc) is 1.53. The minimum atomic E-state index is -0.175. The third-order valence-corrected chi connectivity index (χ3v) is 25.8. The number of rotatable bonds is 7. The number of hydrogen-bond acceptors (Lipinski definition) is 0. The van der Waals surface area contributed by atoms with Crippen LogP contribution in [-0.2, 0) is 21.7 Å². The summed E-state index contributed by atoms with van der Waals surface area (Å²) in [6, 6.07) is 121. The number of para-hydroxylation sites is 4. The lowest BCUT2D eigenvalue weighted by atomic mass is 9.72. The lowest BCUT2D eigenvalue weighted by Crippen LogP contribution is -2.24. The molecule has 0 aliphatic heterocycles. The summed E-state index contributed by atoms with van der Waals surface area (Å²) >= 11 is 0. The first-order valence-electron chi connectivity index (χ1n) is 39.0. The molecule has 0 radical (unpaired) electrons. The molecule has 4 aliphatic rings. The highest BCUT2D eigenvalue weighted by atomic mass is 15.0. The minimum Gasteiger partial charge on any atom is -0.309 e. The molecule has 2 nitrogen and oxygen atoms in total. The van der Waals surface area contributed by atoms with Crippen LogP contribution in [0.3, 0.4) is 0 Å². The van der Waals surface area contributed by atoms with Gasteiger partial charge in [0.25, 0.3) is 0 Å². The molecule has 22 rings (SSSR count). The van der Waals surface area contributed by atoms with E-state index in [1.165, 1.54) is 204 Å². The van der Waals surface area contributed by atoms with Crippen LogP contribution in [0.1, 0.15) is 125 Å². The van der Waals surface area contributed by atoms with Gasteiger partial charge < -0.3 is 9.13 Å². The molecule has 0 unspecified atom stereocenters. The zero-order valence-electron chi connectivity index (χ0n) is 63.6. The molecule has 18 aromatic rings. The van der Waals surface area contributed by atoms with Crippen molar-refractivity contribution in [2.24, 2.45) is 0 Å². The molecule has 2 aromatic heterocycles. The van der Waals surface area contributed by atoms with Gasteiger partial charge in [-0.1, -0.05) is 306 Å². The summed E-state index contributed by atoms with van der Waals surface area (Å²) in [7, 11) is 0. The van der Waals surface area contributed by atoms with Gasteiger partial charge >= 0.3 is 0 Å². The normalized spacial score (nSPS) is 14.7. The Morgan fingerprint density at radius 3 is 1.03 bits per heavy atom. The fourth-order valence-corrected chi connectivity index (χ4v) is 20.2. The lowest BCUT2D eigenvalue weighted by Gasteiger charge is -2.30. The van der Waals surface area contributed by atoms with Crippen LogP contribution in [0.2, 0.25) is 0 Å². The summed E-state index contributed by atoms with van der Waals surface area (Å²) in [5.74, 6) is 0.419. The van der Waals surface area contributed by atoms with E-state index in [1.807, 2.05) is 0 Å². The monoisotopic (exact) mass is 1400 g/mol. The van der Waals surface area contributed by atoms with E-state index in [0.29, 0.717) is 5.92 Å². The molecule has 2 heteroatoms. The van der Waals surface area contributed by atoms with Crippen molar-refractivity contribution in [1.82, 2.24) is 9.13 Å². The van der Waals surface area contributed by atoms with Crippen molar-refractivity contribution >= 4 is 65.2 Å². The van der Waals surface area contributed by atoms with E-state index in [0.717, 1.165) is 11.4 Å². The van der Waals surface area contributed by atoms with E-state index < -0.39 is 0 Å². The maximum Gasteiger partial charge on any atom is 0.0541 e. The second kappa shape index (κ2) is 23.6. The third-order valence-electron chi connectivity index (χ3n) is 25.8. The number of fused-ring (bicyclic) bond motifs is 21. The first-order chi connectivity index (χ1) is 52.9. The van der Waals surface area contributed by atoms with Gasteiger partial charge in [-0.05, 0) is 251 Å². The third kappa shape index (κ3) is 9.66. The molecule has 0 fully saturated rings. The Balaban J connectivity index is 0.000000139.